The summed E-state index contributed by atoms with van der Waals surface area (Å²) in [5.74, 6) is 0. The smallest absolute Gasteiger partial charge is 0.0521 e. The summed E-state index contributed by atoms with van der Waals surface area (Å²) >= 11 is 3.65. The molecule has 0 amide bonds. The van der Waals surface area contributed by atoms with Crippen LogP contribution in [0.15, 0.2) is 35.1 Å². The molecule has 1 atom stereocenters. The summed E-state index contributed by atoms with van der Waals surface area (Å²) in [6.45, 7) is 2.13. The van der Waals surface area contributed by atoms with E-state index >= 15 is 0 Å². The highest BCUT2D eigenvalue weighted by Gasteiger charge is 2.13. The van der Waals surface area contributed by atoms with Gasteiger partial charge in [0, 0.05) is 23.8 Å². The van der Waals surface area contributed by atoms with Crippen LogP contribution in [0.5, 0.6) is 0 Å². The molecular formula is C15H20BrN3. The van der Waals surface area contributed by atoms with E-state index in [-0.39, 0.29) is 0 Å². The summed E-state index contributed by atoms with van der Waals surface area (Å²) in [6.07, 6.45) is 6.11. The van der Waals surface area contributed by atoms with Crippen molar-refractivity contribution in [1.29, 1.82) is 0 Å². The molecule has 0 bridgehead atoms. The van der Waals surface area contributed by atoms with Crippen LogP contribution < -0.4 is 5.32 Å². The predicted octanol–water partition coefficient (Wildman–Crippen LogP) is 3.38. The Morgan fingerprint density at radius 3 is 2.84 bits per heavy atom. The minimum atomic E-state index is 0.356. The summed E-state index contributed by atoms with van der Waals surface area (Å²) in [6, 6.07) is 6.85. The van der Waals surface area contributed by atoms with Crippen molar-refractivity contribution in [1.82, 2.24) is 15.1 Å². The molecule has 1 N–H and O–H groups in total. The maximum Gasteiger partial charge on any atom is 0.0521 e. The molecule has 1 aromatic carbocycles. The second-order valence-electron chi connectivity index (χ2n) is 4.93. The first-order chi connectivity index (χ1) is 9.10. The molecule has 0 aliphatic rings. The summed E-state index contributed by atoms with van der Waals surface area (Å²) < 4.78 is 3.02. The Labute approximate surface area is 123 Å². The van der Waals surface area contributed by atoms with Crippen LogP contribution in [-0.2, 0) is 13.5 Å². The molecule has 0 aliphatic carbocycles. The van der Waals surface area contributed by atoms with Crippen LogP contribution in [0.25, 0.3) is 0 Å². The van der Waals surface area contributed by atoms with Gasteiger partial charge in [-0.3, -0.25) is 4.68 Å². The average Bonchev–Trinajstić information content (AvgIpc) is 2.80. The van der Waals surface area contributed by atoms with Gasteiger partial charge in [0.25, 0.3) is 0 Å². The topological polar surface area (TPSA) is 29.9 Å². The maximum absolute atomic E-state index is 4.21. The monoisotopic (exact) mass is 321 g/mol. The average molecular weight is 322 g/mol. The summed E-state index contributed by atoms with van der Waals surface area (Å²) in [7, 11) is 3.97. The van der Waals surface area contributed by atoms with E-state index in [1.165, 1.54) is 21.2 Å². The van der Waals surface area contributed by atoms with Gasteiger partial charge in [0.2, 0.25) is 0 Å². The van der Waals surface area contributed by atoms with Crippen molar-refractivity contribution in [3.05, 3.63) is 51.8 Å². The second-order valence-corrected chi connectivity index (χ2v) is 5.78. The van der Waals surface area contributed by atoms with Crippen molar-refractivity contribution in [3.8, 4) is 0 Å². The van der Waals surface area contributed by atoms with Crippen LogP contribution in [-0.4, -0.2) is 16.8 Å². The molecular weight excluding hydrogens is 302 g/mol. The highest BCUT2D eigenvalue weighted by Crippen LogP contribution is 2.27. The standard InChI is InChI=1S/C15H20BrN3/c1-11-4-6-14(16)13(8-11)15(17-2)7-5-12-9-18-19(3)10-12/h4,6,8-10,15,17H,5,7H2,1-3H3. The zero-order chi connectivity index (χ0) is 13.8. The van der Waals surface area contributed by atoms with E-state index in [2.05, 4.69) is 57.7 Å². The Hall–Kier alpha value is -1.13. The van der Waals surface area contributed by atoms with Gasteiger partial charge in [-0.05, 0) is 44.0 Å². The van der Waals surface area contributed by atoms with Gasteiger partial charge in [-0.25, -0.2) is 0 Å². The lowest BCUT2D eigenvalue weighted by atomic mass is 9.99. The SMILES string of the molecule is CNC(CCc1cnn(C)c1)c1cc(C)ccc1Br. The molecule has 0 fully saturated rings. The number of benzene rings is 1. The number of hydrogen-bond acceptors (Lipinski definition) is 2. The molecule has 1 heterocycles. The van der Waals surface area contributed by atoms with Gasteiger partial charge in [-0.15, -0.1) is 0 Å². The van der Waals surface area contributed by atoms with Crippen LogP contribution in [0, 0.1) is 6.92 Å². The zero-order valence-electron chi connectivity index (χ0n) is 11.7. The second kappa shape index (κ2) is 6.35. The fourth-order valence-electron chi connectivity index (χ4n) is 2.30. The molecule has 2 rings (SSSR count). The molecule has 3 nitrogen and oxygen atoms in total. The Morgan fingerprint density at radius 2 is 2.21 bits per heavy atom. The zero-order valence-corrected chi connectivity index (χ0v) is 13.2. The Kier molecular flexibility index (Phi) is 4.77. The van der Waals surface area contributed by atoms with Gasteiger partial charge in [0.05, 0.1) is 6.20 Å². The van der Waals surface area contributed by atoms with Crippen LogP contribution in [0.3, 0.4) is 0 Å². The van der Waals surface area contributed by atoms with E-state index in [9.17, 15) is 0 Å². The number of hydrogen-bond donors (Lipinski definition) is 1. The van der Waals surface area contributed by atoms with Gasteiger partial charge >= 0.3 is 0 Å². The molecule has 1 unspecified atom stereocenters. The molecule has 19 heavy (non-hydrogen) atoms. The van der Waals surface area contributed by atoms with E-state index in [1.54, 1.807) is 0 Å². The highest BCUT2D eigenvalue weighted by atomic mass is 79.9. The number of aryl methyl sites for hydroxylation is 3. The van der Waals surface area contributed by atoms with Gasteiger partial charge in [0.1, 0.15) is 0 Å². The molecule has 0 aliphatic heterocycles. The normalized spacial score (nSPS) is 12.6. The fourth-order valence-corrected chi connectivity index (χ4v) is 2.82. The lowest BCUT2D eigenvalue weighted by Crippen LogP contribution is -2.17. The highest BCUT2D eigenvalue weighted by molar-refractivity contribution is 9.10. The van der Waals surface area contributed by atoms with Crippen molar-refractivity contribution in [2.24, 2.45) is 7.05 Å². The van der Waals surface area contributed by atoms with Gasteiger partial charge in [0.15, 0.2) is 0 Å². The summed E-state index contributed by atoms with van der Waals surface area (Å²) in [5.41, 5.74) is 3.90. The van der Waals surface area contributed by atoms with E-state index in [0.29, 0.717) is 6.04 Å². The number of nitrogens with zero attached hydrogens (tertiary/aromatic N) is 2. The lowest BCUT2D eigenvalue weighted by molar-refractivity contribution is 0.547. The summed E-state index contributed by atoms with van der Waals surface area (Å²) in [5, 5.41) is 7.62. The fraction of sp³-hybridized carbons (Fsp3) is 0.400. The van der Waals surface area contributed by atoms with Crippen LogP contribution >= 0.6 is 15.9 Å². The first kappa shape index (κ1) is 14.3. The van der Waals surface area contributed by atoms with Crippen LogP contribution in [0.1, 0.15) is 29.2 Å². The third-order valence-electron chi connectivity index (χ3n) is 3.36. The number of nitrogens with one attached hydrogen (secondary N) is 1. The predicted molar refractivity (Wildman–Crippen MR) is 82.2 cm³/mol. The first-order valence-electron chi connectivity index (χ1n) is 6.51. The van der Waals surface area contributed by atoms with Gasteiger partial charge in [-0.2, -0.15) is 5.10 Å². The third-order valence-corrected chi connectivity index (χ3v) is 4.08. The van der Waals surface area contributed by atoms with E-state index < -0.39 is 0 Å². The van der Waals surface area contributed by atoms with Crippen molar-refractivity contribution >= 4 is 15.9 Å². The Bertz CT molecular complexity index is 548. The molecule has 2 aromatic rings. The van der Waals surface area contributed by atoms with E-state index in [4.69, 9.17) is 0 Å². The lowest BCUT2D eigenvalue weighted by Gasteiger charge is -2.18. The Morgan fingerprint density at radius 1 is 1.42 bits per heavy atom. The minimum Gasteiger partial charge on any atom is -0.313 e. The Balaban J connectivity index is 2.09. The van der Waals surface area contributed by atoms with Gasteiger partial charge in [-0.1, -0.05) is 33.6 Å². The third kappa shape index (κ3) is 3.67. The van der Waals surface area contributed by atoms with Crippen molar-refractivity contribution in [2.45, 2.75) is 25.8 Å². The van der Waals surface area contributed by atoms with Crippen molar-refractivity contribution in [3.63, 3.8) is 0 Å². The first-order valence-corrected chi connectivity index (χ1v) is 7.30. The summed E-state index contributed by atoms with van der Waals surface area (Å²) in [4.78, 5) is 0. The quantitative estimate of drug-likeness (QED) is 0.914. The van der Waals surface area contributed by atoms with Crippen molar-refractivity contribution in [2.75, 3.05) is 7.05 Å². The maximum atomic E-state index is 4.21. The number of rotatable bonds is 5. The molecule has 1 aromatic heterocycles. The number of aromatic nitrogens is 2. The molecule has 0 saturated heterocycles. The molecule has 102 valence electrons. The van der Waals surface area contributed by atoms with Crippen LogP contribution in [0.4, 0.5) is 0 Å². The molecule has 0 radical (unpaired) electrons. The van der Waals surface area contributed by atoms with Crippen LogP contribution in [0.2, 0.25) is 0 Å². The minimum absolute atomic E-state index is 0.356. The molecule has 0 saturated carbocycles. The van der Waals surface area contributed by atoms with E-state index in [1.807, 2.05) is 25.0 Å². The van der Waals surface area contributed by atoms with Crippen molar-refractivity contribution < 1.29 is 0 Å². The van der Waals surface area contributed by atoms with E-state index in [0.717, 1.165) is 12.8 Å². The van der Waals surface area contributed by atoms with Gasteiger partial charge < -0.3 is 5.32 Å². The largest absolute Gasteiger partial charge is 0.313 e. The molecule has 0 spiro atoms. The number of halogens is 1. The molecule has 4 heteroatoms.